The van der Waals surface area contributed by atoms with Crippen LogP contribution in [-0.2, 0) is 4.79 Å². The lowest BCUT2D eigenvalue weighted by molar-refractivity contribution is -0.141. The molecule has 0 aromatic carbocycles. The van der Waals surface area contributed by atoms with Crippen molar-refractivity contribution in [2.45, 2.75) is 24.9 Å². The maximum Gasteiger partial charge on any atom is 0.256 e. The summed E-state index contributed by atoms with van der Waals surface area (Å²) in [7, 11) is 0. The zero-order valence-corrected chi connectivity index (χ0v) is 13.7. The first-order valence-corrected chi connectivity index (χ1v) is 8.40. The van der Waals surface area contributed by atoms with Crippen LogP contribution in [0, 0.1) is 0 Å². The molecule has 1 amide bonds. The lowest BCUT2D eigenvalue weighted by Crippen LogP contribution is -2.41. The second kappa shape index (κ2) is 6.60. The molecule has 1 fully saturated rings. The summed E-state index contributed by atoms with van der Waals surface area (Å²) in [5.41, 5.74) is 1.36. The predicted octanol–water partition coefficient (Wildman–Crippen LogP) is 1.56. The molecule has 4 heterocycles. The first-order chi connectivity index (χ1) is 12.2. The molecular formula is C18H19N5O2. The van der Waals surface area contributed by atoms with Gasteiger partial charge in [0.1, 0.15) is 5.82 Å². The Morgan fingerprint density at radius 2 is 2.00 bits per heavy atom. The molecule has 1 unspecified atom stereocenters. The van der Waals surface area contributed by atoms with E-state index in [-0.39, 0.29) is 11.8 Å². The molecule has 25 heavy (non-hydrogen) atoms. The Kier molecular flexibility index (Phi) is 4.15. The number of amides is 1. The monoisotopic (exact) mass is 337 g/mol. The smallest absolute Gasteiger partial charge is 0.256 e. The van der Waals surface area contributed by atoms with Gasteiger partial charge in [-0.05, 0) is 31.0 Å². The van der Waals surface area contributed by atoms with E-state index < -0.39 is 6.10 Å². The summed E-state index contributed by atoms with van der Waals surface area (Å²) < 4.78 is 2.01. The van der Waals surface area contributed by atoms with Crippen LogP contribution in [0.2, 0.25) is 0 Å². The first-order valence-electron chi connectivity index (χ1n) is 8.40. The topological polar surface area (TPSA) is 83.6 Å². The summed E-state index contributed by atoms with van der Waals surface area (Å²) in [5.74, 6) is 0.935. The van der Waals surface area contributed by atoms with Crippen LogP contribution in [0.3, 0.4) is 0 Å². The van der Waals surface area contributed by atoms with Crippen molar-refractivity contribution >= 4 is 11.6 Å². The number of rotatable bonds is 3. The van der Waals surface area contributed by atoms with E-state index in [0.717, 1.165) is 24.3 Å². The third kappa shape index (κ3) is 2.98. The molecule has 0 spiro atoms. The zero-order chi connectivity index (χ0) is 17.2. The zero-order valence-electron chi connectivity index (χ0n) is 13.7. The third-order valence-corrected chi connectivity index (χ3v) is 4.75. The minimum absolute atomic E-state index is 0.261. The van der Waals surface area contributed by atoms with E-state index in [2.05, 4.69) is 15.2 Å². The normalized spacial score (nSPS) is 16.9. The Labute approximate surface area is 144 Å². The van der Waals surface area contributed by atoms with Gasteiger partial charge in [0.15, 0.2) is 11.8 Å². The number of aliphatic hydroxyl groups excluding tert-OH is 1. The van der Waals surface area contributed by atoms with E-state index in [0.29, 0.717) is 18.7 Å². The molecule has 0 aliphatic carbocycles. The molecule has 1 N–H and O–H groups in total. The number of fused-ring (bicyclic) bond motifs is 1. The Morgan fingerprint density at radius 3 is 2.76 bits per heavy atom. The second-order valence-corrected chi connectivity index (χ2v) is 6.28. The van der Waals surface area contributed by atoms with Crippen molar-refractivity contribution in [1.29, 1.82) is 0 Å². The van der Waals surface area contributed by atoms with Crippen molar-refractivity contribution in [3.05, 3.63) is 60.3 Å². The molecule has 4 rings (SSSR count). The number of nitrogens with zero attached hydrogens (tertiary/aromatic N) is 5. The number of carbonyl (C=O) groups is 1. The minimum atomic E-state index is -1.15. The Balaban J connectivity index is 1.44. The summed E-state index contributed by atoms with van der Waals surface area (Å²) in [6, 6.07) is 9.26. The number of hydrogen-bond acceptors (Lipinski definition) is 5. The molecule has 0 bridgehead atoms. The Morgan fingerprint density at radius 1 is 1.16 bits per heavy atom. The largest absolute Gasteiger partial charge is 0.378 e. The summed E-state index contributed by atoms with van der Waals surface area (Å²) >= 11 is 0. The van der Waals surface area contributed by atoms with Crippen molar-refractivity contribution in [2.75, 3.05) is 13.1 Å². The van der Waals surface area contributed by atoms with E-state index in [1.165, 1.54) is 6.20 Å². The third-order valence-electron chi connectivity index (χ3n) is 4.75. The highest BCUT2D eigenvalue weighted by atomic mass is 16.3. The van der Waals surface area contributed by atoms with Gasteiger partial charge in [-0.3, -0.25) is 14.2 Å². The van der Waals surface area contributed by atoms with Gasteiger partial charge < -0.3 is 10.0 Å². The van der Waals surface area contributed by atoms with Crippen molar-refractivity contribution in [3.63, 3.8) is 0 Å². The molecule has 1 saturated heterocycles. The van der Waals surface area contributed by atoms with Gasteiger partial charge in [0.05, 0.1) is 0 Å². The molecular weight excluding hydrogens is 318 g/mol. The van der Waals surface area contributed by atoms with Gasteiger partial charge in [-0.2, -0.15) is 0 Å². The number of piperidine rings is 1. The van der Waals surface area contributed by atoms with Crippen LogP contribution >= 0.6 is 0 Å². The molecule has 128 valence electrons. The maximum atomic E-state index is 12.5. The van der Waals surface area contributed by atoms with Gasteiger partial charge in [-0.25, -0.2) is 0 Å². The molecule has 1 aliphatic rings. The van der Waals surface area contributed by atoms with Crippen LogP contribution in [0.4, 0.5) is 0 Å². The van der Waals surface area contributed by atoms with Crippen molar-refractivity contribution in [3.8, 4) is 0 Å². The first kappa shape index (κ1) is 15.7. The second-order valence-electron chi connectivity index (χ2n) is 6.28. The van der Waals surface area contributed by atoms with E-state index >= 15 is 0 Å². The average molecular weight is 337 g/mol. The van der Waals surface area contributed by atoms with Gasteiger partial charge in [0.25, 0.3) is 5.91 Å². The van der Waals surface area contributed by atoms with E-state index in [1.54, 1.807) is 23.2 Å². The van der Waals surface area contributed by atoms with Crippen LogP contribution in [0.1, 0.15) is 36.3 Å². The summed E-state index contributed by atoms with van der Waals surface area (Å²) in [5, 5.41) is 18.8. The van der Waals surface area contributed by atoms with Crippen LogP contribution in [-0.4, -0.2) is 48.6 Å². The number of likely N-dealkylation sites (tertiary alicyclic amines) is 1. The molecule has 1 aliphatic heterocycles. The van der Waals surface area contributed by atoms with Crippen LogP contribution < -0.4 is 0 Å². The fourth-order valence-corrected chi connectivity index (χ4v) is 3.35. The highest BCUT2D eigenvalue weighted by Gasteiger charge is 2.30. The van der Waals surface area contributed by atoms with Crippen LogP contribution in [0.25, 0.3) is 5.65 Å². The van der Waals surface area contributed by atoms with Gasteiger partial charge in [0.2, 0.25) is 0 Å². The fraction of sp³-hybridized carbons (Fsp3) is 0.333. The summed E-state index contributed by atoms with van der Waals surface area (Å²) in [6.07, 6.45) is 5.57. The van der Waals surface area contributed by atoms with Gasteiger partial charge >= 0.3 is 0 Å². The van der Waals surface area contributed by atoms with E-state index in [1.807, 2.05) is 28.8 Å². The van der Waals surface area contributed by atoms with E-state index in [9.17, 15) is 9.90 Å². The number of hydrogen-bond donors (Lipinski definition) is 1. The van der Waals surface area contributed by atoms with Crippen molar-refractivity contribution in [1.82, 2.24) is 24.5 Å². The Hall–Kier alpha value is -2.80. The molecule has 3 aromatic heterocycles. The highest BCUT2D eigenvalue weighted by molar-refractivity contribution is 5.82. The van der Waals surface area contributed by atoms with Gasteiger partial charge in [-0.15, -0.1) is 10.2 Å². The lowest BCUT2D eigenvalue weighted by atomic mass is 9.95. The SMILES string of the molecule is O=C(C(O)c1cccnc1)N1CCC(c2nnc3ccccn23)CC1. The maximum absolute atomic E-state index is 12.5. The minimum Gasteiger partial charge on any atom is -0.378 e. The number of carbonyl (C=O) groups excluding carboxylic acids is 1. The van der Waals surface area contributed by atoms with Crippen molar-refractivity contribution in [2.24, 2.45) is 0 Å². The highest BCUT2D eigenvalue weighted by Crippen LogP contribution is 2.28. The summed E-state index contributed by atoms with van der Waals surface area (Å²) in [6.45, 7) is 1.20. The van der Waals surface area contributed by atoms with Crippen LogP contribution in [0.5, 0.6) is 0 Å². The number of aromatic nitrogens is 4. The number of aliphatic hydroxyl groups is 1. The van der Waals surface area contributed by atoms with E-state index in [4.69, 9.17) is 0 Å². The lowest BCUT2D eigenvalue weighted by Gasteiger charge is -2.32. The number of pyridine rings is 2. The van der Waals surface area contributed by atoms with Crippen molar-refractivity contribution < 1.29 is 9.90 Å². The fourth-order valence-electron chi connectivity index (χ4n) is 3.35. The van der Waals surface area contributed by atoms with Gasteiger partial charge in [0, 0.05) is 43.2 Å². The molecule has 3 aromatic rings. The van der Waals surface area contributed by atoms with Gasteiger partial charge in [-0.1, -0.05) is 12.1 Å². The standard InChI is InChI=1S/C18H19N5O2/c24-16(14-4-3-8-19-12-14)18(25)22-10-6-13(7-11-22)17-21-20-15-5-1-2-9-23(15)17/h1-5,8-9,12-13,16,24H,6-7,10-11H2. The predicted molar refractivity (Wildman–Crippen MR) is 90.7 cm³/mol. The Bertz CT molecular complexity index is 871. The van der Waals surface area contributed by atoms with Crippen LogP contribution in [0.15, 0.2) is 48.9 Å². The molecule has 7 heteroatoms. The molecule has 0 radical (unpaired) electrons. The summed E-state index contributed by atoms with van der Waals surface area (Å²) in [4.78, 5) is 18.2. The quantitative estimate of drug-likeness (QED) is 0.784. The molecule has 0 saturated carbocycles. The molecule has 1 atom stereocenters. The molecule has 7 nitrogen and oxygen atoms in total. The average Bonchev–Trinajstić information content (AvgIpc) is 3.12.